The average Bonchev–Trinajstić information content (AvgIpc) is 2.96. The molecule has 1 fully saturated rings. The van der Waals surface area contributed by atoms with E-state index in [1.54, 1.807) is 6.07 Å². The molecule has 15 heavy (non-hydrogen) atoms. The Balaban J connectivity index is 1.98. The lowest BCUT2D eigenvalue weighted by Crippen LogP contribution is -2.37. The number of nitrogens with two attached hydrogens (primary N) is 1. The van der Waals surface area contributed by atoms with Crippen molar-refractivity contribution in [1.29, 1.82) is 0 Å². The molecule has 1 aliphatic carbocycles. The molecule has 1 atom stereocenters. The van der Waals surface area contributed by atoms with Crippen LogP contribution in [0.15, 0.2) is 10.6 Å². The van der Waals surface area contributed by atoms with Gasteiger partial charge in [-0.3, -0.25) is 4.79 Å². The molecule has 0 aliphatic heterocycles. The smallest absolute Gasteiger partial charge is 0.273 e. The van der Waals surface area contributed by atoms with Gasteiger partial charge in [0.2, 0.25) is 0 Å². The molecule has 0 spiro atoms. The molecule has 1 saturated carbocycles. The fourth-order valence-corrected chi connectivity index (χ4v) is 1.31. The quantitative estimate of drug-likeness (QED) is 0.762. The van der Waals surface area contributed by atoms with E-state index in [1.165, 1.54) is 0 Å². The molecule has 1 aromatic heterocycles. The van der Waals surface area contributed by atoms with Gasteiger partial charge in [0.05, 0.1) is 0 Å². The van der Waals surface area contributed by atoms with Crippen LogP contribution in [0.4, 0.5) is 0 Å². The molecule has 82 valence electrons. The topological polar surface area (TPSA) is 81.1 Å². The van der Waals surface area contributed by atoms with Gasteiger partial charge in [-0.1, -0.05) is 5.16 Å². The Labute approximate surface area is 88.0 Å². The Hall–Kier alpha value is -1.36. The number of amides is 1. The van der Waals surface area contributed by atoms with Gasteiger partial charge in [0, 0.05) is 24.6 Å². The Morgan fingerprint density at radius 2 is 2.53 bits per heavy atom. The summed E-state index contributed by atoms with van der Waals surface area (Å²) < 4.78 is 5.08. The molecular formula is C10H15N3O2. The number of hydrogen-bond acceptors (Lipinski definition) is 4. The highest BCUT2D eigenvalue weighted by atomic mass is 16.5. The highest BCUT2D eigenvalue weighted by Crippen LogP contribution is 2.40. The normalized spacial score (nSPS) is 17.5. The number of nitrogens with zero attached hydrogens (tertiary/aromatic N) is 1. The van der Waals surface area contributed by atoms with Crippen LogP contribution in [0.3, 0.4) is 0 Å². The van der Waals surface area contributed by atoms with Gasteiger partial charge in [-0.15, -0.1) is 0 Å². The standard InChI is InChI=1S/C10H15N3O2/c1-6(5-11)12-10(14)8-4-9(15-13-8)7-2-3-7/h4,6-7H,2-3,5,11H2,1H3,(H,12,14)/t6-/m0/s1. The van der Waals surface area contributed by atoms with Crippen molar-refractivity contribution < 1.29 is 9.32 Å². The van der Waals surface area contributed by atoms with Crippen molar-refractivity contribution in [2.75, 3.05) is 6.54 Å². The minimum Gasteiger partial charge on any atom is -0.360 e. The molecule has 1 heterocycles. The van der Waals surface area contributed by atoms with Crippen molar-refractivity contribution in [1.82, 2.24) is 10.5 Å². The zero-order valence-corrected chi connectivity index (χ0v) is 8.69. The number of hydrogen-bond donors (Lipinski definition) is 2. The Morgan fingerprint density at radius 1 is 1.80 bits per heavy atom. The lowest BCUT2D eigenvalue weighted by atomic mass is 10.2. The van der Waals surface area contributed by atoms with Crippen molar-refractivity contribution in [3.05, 3.63) is 17.5 Å². The van der Waals surface area contributed by atoms with Crippen molar-refractivity contribution in [3.63, 3.8) is 0 Å². The first kappa shape index (κ1) is 10.2. The molecule has 0 aromatic carbocycles. The molecule has 5 heteroatoms. The predicted octanol–water partition coefficient (Wildman–Crippen LogP) is 0.629. The third kappa shape index (κ3) is 2.36. The second kappa shape index (κ2) is 4.02. The van der Waals surface area contributed by atoms with E-state index >= 15 is 0 Å². The SMILES string of the molecule is C[C@@H](CN)NC(=O)c1cc(C2CC2)on1. The van der Waals surface area contributed by atoms with Crippen LogP contribution >= 0.6 is 0 Å². The summed E-state index contributed by atoms with van der Waals surface area (Å²) in [6.07, 6.45) is 2.27. The summed E-state index contributed by atoms with van der Waals surface area (Å²) in [6.45, 7) is 2.26. The van der Waals surface area contributed by atoms with E-state index < -0.39 is 0 Å². The van der Waals surface area contributed by atoms with Crippen molar-refractivity contribution in [2.24, 2.45) is 5.73 Å². The van der Waals surface area contributed by atoms with Gasteiger partial charge in [0.1, 0.15) is 5.76 Å². The minimum absolute atomic E-state index is 0.0430. The molecule has 3 N–H and O–H groups in total. The Morgan fingerprint density at radius 3 is 3.13 bits per heavy atom. The molecule has 0 bridgehead atoms. The maximum Gasteiger partial charge on any atom is 0.273 e. The van der Waals surface area contributed by atoms with Gasteiger partial charge >= 0.3 is 0 Å². The zero-order chi connectivity index (χ0) is 10.8. The third-order valence-electron chi connectivity index (χ3n) is 2.47. The Kier molecular flexibility index (Phi) is 2.73. The molecule has 2 rings (SSSR count). The van der Waals surface area contributed by atoms with Crippen molar-refractivity contribution >= 4 is 5.91 Å². The van der Waals surface area contributed by atoms with Gasteiger partial charge in [0.15, 0.2) is 5.69 Å². The second-order valence-corrected chi connectivity index (χ2v) is 4.00. The molecular weight excluding hydrogens is 194 g/mol. The van der Waals surface area contributed by atoms with Gasteiger partial charge in [-0.05, 0) is 19.8 Å². The molecule has 5 nitrogen and oxygen atoms in total. The highest BCUT2D eigenvalue weighted by molar-refractivity contribution is 5.92. The average molecular weight is 209 g/mol. The fourth-order valence-electron chi connectivity index (χ4n) is 1.31. The van der Waals surface area contributed by atoms with E-state index in [0.717, 1.165) is 18.6 Å². The van der Waals surface area contributed by atoms with Crippen LogP contribution in [0.5, 0.6) is 0 Å². The van der Waals surface area contributed by atoms with Crippen LogP contribution in [0, 0.1) is 0 Å². The lowest BCUT2D eigenvalue weighted by Gasteiger charge is -2.08. The van der Waals surface area contributed by atoms with Crippen LogP contribution in [0.25, 0.3) is 0 Å². The van der Waals surface area contributed by atoms with Crippen LogP contribution in [0.1, 0.15) is 41.9 Å². The molecule has 0 unspecified atom stereocenters. The summed E-state index contributed by atoms with van der Waals surface area (Å²) in [6, 6.07) is 1.68. The third-order valence-corrected chi connectivity index (χ3v) is 2.47. The summed E-state index contributed by atoms with van der Waals surface area (Å²) >= 11 is 0. The molecule has 1 aliphatic rings. The zero-order valence-electron chi connectivity index (χ0n) is 8.69. The summed E-state index contributed by atoms with van der Waals surface area (Å²) in [5.41, 5.74) is 5.75. The van der Waals surface area contributed by atoms with Gasteiger partial charge in [-0.25, -0.2) is 0 Å². The fraction of sp³-hybridized carbons (Fsp3) is 0.600. The summed E-state index contributed by atoms with van der Waals surface area (Å²) in [5, 5.41) is 6.47. The second-order valence-electron chi connectivity index (χ2n) is 4.00. The first-order valence-corrected chi connectivity index (χ1v) is 5.18. The lowest BCUT2D eigenvalue weighted by molar-refractivity contribution is 0.0932. The van der Waals surface area contributed by atoms with Crippen LogP contribution < -0.4 is 11.1 Å². The van der Waals surface area contributed by atoms with Crippen molar-refractivity contribution in [3.8, 4) is 0 Å². The van der Waals surface area contributed by atoms with Gasteiger partial charge in [0.25, 0.3) is 5.91 Å². The van der Waals surface area contributed by atoms with E-state index in [-0.39, 0.29) is 11.9 Å². The molecule has 1 aromatic rings. The van der Waals surface area contributed by atoms with E-state index in [1.807, 2.05) is 6.92 Å². The maximum atomic E-state index is 11.6. The van der Waals surface area contributed by atoms with Crippen LogP contribution in [-0.2, 0) is 0 Å². The first-order chi connectivity index (χ1) is 7.20. The number of carbonyl (C=O) groups excluding carboxylic acids is 1. The number of carbonyl (C=O) groups is 1. The van der Waals surface area contributed by atoms with Gasteiger partial charge in [-0.2, -0.15) is 0 Å². The van der Waals surface area contributed by atoms with E-state index in [0.29, 0.717) is 18.2 Å². The van der Waals surface area contributed by atoms with Crippen molar-refractivity contribution in [2.45, 2.75) is 31.7 Å². The summed E-state index contributed by atoms with van der Waals surface area (Å²) in [7, 11) is 0. The summed E-state index contributed by atoms with van der Waals surface area (Å²) in [5.74, 6) is 1.08. The van der Waals surface area contributed by atoms with Gasteiger partial charge < -0.3 is 15.6 Å². The van der Waals surface area contributed by atoms with E-state index in [4.69, 9.17) is 10.3 Å². The Bertz CT molecular complexity index is 357. The molecule has 1 amide bonds. The van der Waals surface area contributed by atoms with E-state index in [2.05, 4.69) is 10.5 Å². The predicted molar refractivity (Wildman–Crippen MR) is 54.5 cm³/mol. The van der Waals surface area contributed by atoms with Crippen LogP contribution in [0.2, 0.25) is 0 Å². The number of nitrogens with one attached hydrogen (secondary N) is 1. The first-order valence-electron chi connectivity index (χ1n) is 5.18. The summed E-state index contributed by atoms with van der Waals surface area (Å²) in [4.78, 5) is 11.6. The van der Waals surface area contributed by atoms with Crippen LogP contribution in [-0.4, -0.2) is 23.7 Å². The number of aromatic nitrogens is 1. The minimum atomic E-state index is -0.219. The van der Waals surface area contributed by atoms with E-state index in [9.17, 15) is 4.79 Å². The molecule has 0 radical (unpaired) electrons. The molecule has 0 saturated heterocycles. The maximum absolute atomic E-state index is 11.6. The largest absolute Gasteiger partial charge is 0.360 e. The highest BCUT2D eigenvalue weighted by Gasteiger charge is 2.28. The monoisotopic (exact) mass is 209 g/mol. The number of rotatable bonds is 4.